The molecule has 0 aliphatic carbocycles. The molecule has 4 heterocycles. The van der Waals surface area contributed by atoms with Gasteiger partial charge in [0.2, 0.25) is 0 Å². The average Bonchev–Trinajstić information content (AvgIpc) is 3.19. The second-order valence-corrected chi connectivity index (χ2v) is 11.0. The van der Waals surface area contributed by atoms with E-state index < -0.39 is 11.4 Å². The van der Waals surface area contributed by atoms with Crippen LogP contribution in [0.1, 0.15) is 52.0 Å². The Morgan fingerprint density at radius 3 is 2.63 bits per heavy atom. The van der Waals surface area contributed by atoms with Gasteiger partial charge in [-0.2, -0.15) is 10.2 Å². The van der Waals surface area contributed by atoms with Gasteiger partial charge in [-0.15, -0.1) is 0 Å². The molecule has 1 saturated heterocycles. The molecule has 202 valence electrons. The van der Waals surface area contributed by atoms with Crippen molar-refractivity contribution in [2.45, 2.75) is 64.8 Å². The van der Waals surface area contributed by atoms with Gasteiger partial charge in [0, 0.05) is 50.9 Å². The molecule has 2 aromatic heterocycles. The van der Waals surface area contributed by atoms with Crippen LogP contribution in [-0.2, 0) is 20.5 Å². The molecule has 2 aliphatic heterocycles. The Balaban J connectivity index is 1.46. The molecule has 3 aromatic rings. The predicted octanol–water partition coefficient (Wildman–Crippen LogP) is 3.08. The summed E-state index contributed by atoms with van der Waals surface area (Å²) in [5, 5.41) is 9.23. The minimum atomic E-state index is -0.604. The Hall–Kier alpha value is -3.65. The van der Waals surface area contributed by atoms with E-state index in [0.29, 0.717) is 53.8 Å². The van der Waals surface area contributed by atoms with Gasteiger partial charge >= 0.3 is 5.69 Å². The summed E-state index contributed by atoms with van der Waals surface area (Å²) in [6, 6.07) is 5.47. The standard InChI is InChI=1S/C27H34FN7O3/c1-15-13-35(24-22-25(33(7)26(36)31-24)32(6)20(30-22)10-11-29)16(2)12-34(15)17(3)18-8-9-19-23(21(18)28)38-27(4,5)14-37-19/h8-9,15-17H,10,12-14H2,1-7H3/t15-,16+,17?/m1/s1. The van der Waals surface area contributed by atoms with Gasteiger partial charge in [0.05, 0.1) is 12.5 Å². The first-order chi connectivity index (χ1) is 17.9. The summed E-state index contributed by atoms with van der Waals surface area (Å²) in [4.78, 5) is 26.3. The number of nitrogens with zero attached hydrogens (tertiary/aromatic N) is 7. The number of halogens is 1. The Morgan fingerprint density at radius 2 is 1.92 bits per heavy atom. The fourth-order valence-electron chi connectivity index (χ4n) is 5.62. The molecular weight excluding hydrogens is 489 g/mol. The van der Waals surface area contributed by atoms with Gasteiger partial charge in [-0.1, -0.05) is 6.07 Å². The Morgan fingerprint density at radius 1 is 1.18 bits per heavy atom. The van der Waals surface area contributed by atoms with Crippen LogP contribution in [-0.4, -0.2) is 61.4 Å². The van der Waals surface area contributed by atoms with E-state index in [2.05, 4.69) is 34.7 Å². The normalized spacial score (nSPS) is 21.9. The zero-order valence-corrected chi connectivity index (χ0v) is 22.9. The molecule has 0 spiro atoms. The largest absolute Gasteiger partial charge is 0.485 e. The maximum Gasteiger partial charge on any atom is 0.350 e. The minimum absolute atomic E-state index is 0.0217. The van der Waals surface area contributed by atoms with Crippen LogP contribution in [0.25, 0.3) is 11.2 Å². The van der Waals surface area contributed by atoms with Crippen LogP contribution < -0.4 is 20.1 Å². The first kappa shape index (κ1) is 26.0. The van der Waals surface area contributed by atoms with Crippen LogP contribution in [0.3, 0.4) is 0 Å². The SMILES string of the molecule is CC(c1ccc2c(c1F)OC(C)(C)CO2)N1C[C@H](C)N(c2nc(=O)n(C)c3c2nc(CC#N)n3C)C[C@H]1C. The number of ether oxygens (including phenoxy) is 2. The number of fused-ring (bicyclic) bond motifs is 2. The molecule has 11 heteroatoms. The number of aryl methyl sites for hydroxylation is 2. The number of hydrogen-bond donors (Lipinski definition) is 0. The summed E-state index contributed by atoms with van der Waals surface area (Å²) in [7, 11) is 3.47. The summed E-state index contributed by atoms with van der Waals surface area (Å²) in [6.07, 6.45) is 0.133. The number of aromatic nitrogens is 4. The highest BCUT2D eigenvalue weighted by atomic mass is 19.1. The number of hydrogen-bond acceptors (Lipinski definition) is 8. The first-order valence-corrected chi connectivity index (χ1v) is 12.9. The molecule has 0 radical (unpaired) electrons. The van der Waals surface area contributed by atoms with Gasteiger partial charge in [-0.3, -0.25) is 9.47 Å². The van der Waals surface area contributed by atoms with Crippen molar-refractivity contribution in [3.63, 3.8) is 0 Å². The highest BCUT2D eigenvalue weighted by Gasteiger charge is 2.37. The molecule has 0 amide bonds. The van der Waals surface area contributed by atoms with E-state index in [-0.39, 0.29) is 36.0 Å². The Kier molecular flexibility index (Phi) is 6.34. The molecule has 38 heavy (non-hydrogen) atoms. The topological polar surface area (TPSA) is 101 Å². The molecule has 1 unspecified atom stereocenters. The maximum atomic E-state index is 15.7. The smallest absolute Gasteiger partial charge is 0.350 e. The molecule has 10 nitrogen and oxygen atoms in total. The quantitative estimate of drug-likeness (QED) is 0.514. The first-order valence-electron chi connectivity index (χ1n) is 12.9. The van der Waals surface area contributed by atoms with Gasteiger partial charge in [-0.05, 0) is 40.7 Å². The van der Waals surface area contributed by atoms with Crippen LogP contribution in [0, 0.1) is 17.1 Å². The van der Waals surface area contributed by atoms with Gasteiger partial charge in [0.25, 0.3) is 0 Å². The third kappa shape index (κ3) is 4.17. The van der Waals surface area contributed by atoms with Crippen molar-refractivity contribution in [3.05, 3.63) is 39.8 Å². The molecule has 1 aromatic carbocycles. The molecule has 0 N–H and O–H groups in total. The number of anilines is 1. The lowest BCUT2D eigenvalue weighted by atomic mass is 9.99. The van der Waals surface area contributed by atoms with Gasteiger partial charge in [0.1, 0.15) is 29.2 Å². The van der Waals surface area contributed by atoms with Crippen LogP contribution in [0.15, 0.2) is 16.9 Å². The Labute approximate surface area is 221 Å². The van der Waals surface area contributed by atoms with Crippen molar-refractivity contribution in [3.8, 4) is 17.6 Å². The summed E-state index contributed by atoms with van der Waals surface area (Å²) in [6.45, 7) is 11.5. The van der Waals surface area contributed by atoms with E-state index in [1.165, 1.54) is 4.57 Å². The van der Waals surface area contributed by atoms with Gasteiger partial charge < -0.3 is 18.9 Å². The predicted molar refractivity (Wildman–Crippen MR) is 141 cm³/mol. The number of piperazine rings is 1. The second-order valence-electron chi connectivity index (χ2n) is 11.0. The third-order valence-corrected chi connectivity index (χ3v) is 7.71. The number of benzene rings is 1. The second kappa shape index (κ2) is 9.27. The van der Waals surface area contributed by atoms with Gasteiger partial charge in [-0.25, -0.2) is 14.2 Å². The van der Waals surface area contributed by atoms with Crippen LogP contribution in [0.2, 0.25) is 0 Å². The lowest BCUT2D eigenvalue weighted by molar-refractivity contribution is 0.0163. The van der Waals surface area contributed by atoms with E-state index in [9.17, 15) is 10.1 Å². The van der Waals surface area contributed by atoms with E-state index >= 15 is 4.39 Å². The van der Waals surface area contributed by atoms with E-state index in [4.69, 9.17) is 14.5 Å². The molecular formula is C27H34FN7O3. The molecule has 1 fully saturated rings. The van der Waals surface area contributed by atoms with Crippen molar-refractivity contribution < 1.29 is 13.9 Å². The van der Waals surface area contributed by atoms with Crippen molar-refractivity contribution in [1.82, 2.24) is 24.0 Å². The summed E-state index contributed by atoms with van der Waals surface area (Å²) >= 11 is 0. The Bertz CT molecular complexity index is 1510. The minimum Gasteiger partial charge on any atom is -0.485 e. The lowest BCUT2D eigenvalue weighted by Gasteiger charge is -2.47. The van der Waals surface area contributed by atoms with Gasteiger partial charge in [0.15, 0.2) is 23.1 Å². The van der Waals surface area contributed by atoms with Crippen molar-refractivity contribution >= 4 is 17.0 Å². The van der Waals surface area contributed by atoms with Crippen molar-refractivity contribution in [2.75, 3.05) is 24.6 Å². The fraction of sp³-hybridized carbons (Fsp3) is 0.556. The highest BCUT2D eigenvalue weighted by molar-refractivity contribution is 5.84. The molecule has 2 aliphatic rings. The van der Waals surface area contributed by atoms with E-state index in [0.717, 1.165) is 0 Å². The molecule has 0 bridgehead atoms. The van der Waals surface area contributed by atoms with Crippen LogP contribution in [0.4, 0.5) is 10.2 Å². The summed E-state index contributed by atoms with van der Waals surface area (Å²) < 4.78 is 30.6. The third-order valence-electron chi connectivity index (χ3n) is 7.71. The number of rotatable bonds is 4. The molecule has 3 atom stereocenters. The maximum absolute atomic E-state index is 15.7. The van der Waals surface area contributed by atoms with Crippen molar-refractivity contribution in [1.29, 1.82) is 5.26 Å². The zero-order valence-electron chi connectivity index (χ0n) is 22.9. The zero-order chi connectivity index (χ0) is 27.5. The number of nitriles is 1. The van der Waals surface area contributed by atoms with Crippen molar-refractivity contribution in [2.24, 2.45) is 14.1 Å². The molecule has 0 saturated carbocycles. The van der Waals surface area contributed by atoms with Crippen LogP contribution in [0.5, 0.6) is 11.5 Å². The monoisotopic (exact) mass is 523 g/mol. The lowest BCUT2D eigenvalue weighted by Crippen LogP contribution is -2.57. The number of imidazole rings is 1. The summed E-state index contributed by atoms with van der Waals surface area (Å²) in [5.41, 5.74) is 0.795. The van der Waals surface area contributed by atoms with E-state index in [1.54, 1.807) is 30.8 Å². The summed E-state index contributed by atoms with van der Waals surface area (Å²) in [5.74, 6) is 1.30. The molecule has 5 rings (SSSR count). The van der Waals surface area contributed by atoms with Crippen LogP contribution >= 0.6 is 0 Å². The highest BCUT2D eigenvalue weighted by Crippen LogP contribution is 2.42. The van der Waals surface area contributed by atoms with E-state index in [1.807, 2.05) is 20.8 Å². The average molecular weight is 524 g/mol. The fourth-order valence-corrected chi connectivity index (χ4v) is 5.62.